The molecule has 0 radical (unpaired) electrons. The molecule has 4 aromatic rings. The Bertz CT molecular complexity index is 1670. The molecule has 0 aliphatic carbocycles. The number of benzene rings is 1. The first-order valence-electron chi connectivity index (χ1n) is 11.9. The molecule has 1 aliphatic rings. The maximum atomic E-state index is 12.9. The van der Waals surface area contributed by atoms with Gasteiger partial charge in [-0.15, -0.1) is 11.3 Å². The lowest BCUT2D eigenvalue weighted by atomic mass is 10.1. The van der Waals surface area contributed by atoms with E-state index in [1.807, 2.05) is 52.8 Å². The summed E-state index contributed by atoms with van der Waals surface area (Å²) in [6.45, 7) is 9.74. The lowest BCUT2D eigenvalue weighted by Gasteiger charge is -2.16. The molecular weight excluding hydrogens is 504 g/mol. The second-order valence-corrected chi connectivity index (χ2v) is 12.8. The number of aromatic nitrogens is 4. The Morgan fingerprint density at radius 3 is 2.35 bits per heavy atom. The number of thiazole rings is 1. The van der Waals surface area contributed by atoms with Gasteiger partial charge in [-0.2, -0.15) is 0 Å². The monoisotopic (exact) mass is 532 g/mol. The van der Waals surface area contributed by atoms with Gasteiger partial charge in [0.25, 0.3) is 0 Å². The molecular formula is C27H28N6O2S2. The highest BCUT2D eigenvalue weighted by Gasteiger charge is 2.22. The van der Waals surface area contributed by atoms with Crippen LogP contribution >= 0.6 is 11.3 Å². The topological polar surface area (TPSA) is 110 Å². The number of aliphatic imine (C=N–C) groups is 1. The Morgan fingerprint density at radius 2 is 1.68 bits per heavy atom. The van der Waals surface area contributed by atoms with E-state index in [9.17, 15) is 8.42 Å². The molecule has 10 heteroatoms. The van der Waals surface area contributed by atoms with Crippen LogP contribution in [0.4, 0.5) is 17.1 Å². The highest BCUT2D eigenvalue weighted by Crippen LogP contribution is 2.39. The summed E-state index contributed by atoms with van der Waals surface area (Å²) in [5.41, 5.74) is 7.98. The summed E-state index contributed by atoms with van der Waals surface area (Å²) in [6, 6.07) is 9.29. The number of nitrogens with one attached hydrogen (secondary N) is 1. The molecule has 3 aromatic heterocycles. The summed E-state index contributed by atoms with van der Waals surface area (Å²) in [6.07, 6.45) is 2.41. The molecule has 0 amide bonds. The van der Waals surface area contributed by atoms with Crippen LogP contribution < -0.4 is 5.32 Å². The molecule has 8 nitrogen and oxygen atoms in total. The second kappa shape index (κ2) is 9.42. The van der Waals surface area contributed by atoms with Crippen LogP contribution in [-0.2, 0) is 22.7 Å². The average molecular weight is 533 g/mol. The molecule has 0 saturated carbocycles. The van der Waals surface area contributed by atoms with Crippen LogP contribution in [0.15, 0.2) is 40.2 Å². The number of nitrogens with zero attached hydrogens (tertiary/aromatic N) is 5. The molecule has 0 fully saturated rings. The fourth-order valence-electron chi connectivity index (χ4n) is 4.65. The summed E-state index contributed by atoms with van der Waals surface area (Å²) >= 11 is 1.59. The van der Waals surface area contributed by atoms with Gasteiger partial charge >= 0.3 is 0 Å². The van der Waals surface area contributed by atoms with E-state index in [1.165, 1.54) is 6.26 Å². The minimum Gasteiger partial charge on any atom is -0.353 e. The molecule has 0 unspecified atom stereocenters. The molecule has 0 spiro atoms. The first kappa shape index (κ1) is 25.2. The van der Waals surface area contributed by atoms with Crippen molar-refractivity contribution >= 4 is 43.9 Å². The van der Waals surface area contributed by atoms with E-state index in [4.69, 9.17) is 9.98 Å². The minimum atomic E-state index is -3.54. The number of pyridine rings is 1. The van der Waals surface area contributed by atoms with Crippen molar-refractivity contribution in [3.8, 4) is 11.3 Å². The van der Waals surface area contributed by atoms with Gasteiger partial charge in [0.2, 0.25) is 0 Å². The maximum absolute atomic E-state index is 12.9. The number of aryl methyl sites for hydroxylation is 4. The quantitative estimate of drug-likeness (QED) is 0.343. The predicted molar refractivity (Wildman–Crippen MR) is 148 cm³/mol. The Morgan fingerprint density at radius 1 is 0.919 bits per heavy atom. The Balaban J connectivity index is 1.57. The molecule has 4 heterocycles. The van der Waals surface area contributed by atoms with Gasteiger partial charge in [-0.3, -0.25) is 9.98 Å². The van der Waals surface area contributed by atoms with Gasteiger partial charge in [0.1, 0.15) is 11.5 Å². The van der Waals surface area contributed by atoms with Crippen LogP contribution in [0, 0.1) is 27.7 Å². The van der Waals surface area contributed by atoms with E-state index in [0.717, 1.165) is 66.8 Å². The summed E-state index contributed by atoms with van der Waals surface area (Å²) in [5.74, 6) is 0.720. The van der Waals surface area contributed by atoms with Gasteiger partial charge in [-0.1, -0.05) is 6.07 Å². The van der Waals surface area contributed by atoms with E-state index in [2.05, 4.69) is 20.3 Å². The second-order valence-electron chi connectivity index (χ2n) is 9.45. The fourth-order valence-corrected chi connectivity index (χ4v) is 6.35. The summed E-state index contributed by atoms with van der Waals surface area (Å²) < 4.78 is 25.7. The number of hydrogen-bond acceptors (Lipinski definition) is 9. The van der Waals surface area contributed by atoms with Crippen molar-refractivity contribution in [1.29, 1.82) is 0 Å². The van der Waals surface area contributed by atoms with Crippen molar-refractivity contribution in [3.63, 3.8) is 0 Å². The first-order valence-corrected chi connectivity index (χ1v) is 14.6. The van der Waals surface area contributed by atoms with E-state index in [0.29, 0.717) is 18.5 Å². The number of rotatable bonds is 6. The largest absolute Gasteiger partial charge is 0.353 e. The fraction of sp³-hybridized carbons (Fsp3) is 0.296. The molecule has 0 saturated heterocycles. The lowest BCUT2D eigenvalue weighted by molar-refractivity contribution is 0.602. The van der Waals surface area contributed by atoms with Crippen molar-refractivity contribution in [2.24, 2.45) is 4.99 Å². The van der Waals surface area contributed by atoms with Crippen LogP contribution in [0.5, 0.6) is 0 Å². The van der Waals surface area contributed by atoms with Crippen LogP contribution in [0.2, 0.25) is 0 Å². The standard InChI is InChI=1S/C27H28N6O2S2/c1-14-9-20(30-17(4)28-14)12-21-13-24(27-23(32-21)10-15(2)29-27)33-22-8-7-19(11-25(22)37(6,34)35)26-16(3)36-18(5)31-26/h7-9,11,13H,10,12H2,1-6H3,(H,32,33). The van der Waals surface area contributed by atoms with E-state index < -0.39 is 9.84 Å². The zero-order chi connectivity index (χ0) is 26.5. The molecule has 5 rings (SSSR count). The maximum Gasteiger partial charge on any atom is 0.177 e. The Hall–Kier alpha value is -3.50. The minimum absolute atomic E-state index is 0.211. The van der Waals surface area contributed by atoms with Gasteiger partial charge < -0.3 is 5.32 Å². The third-order valence-electron chi connectivity index (χ3n) is 6.05. The third kappa shape index (κ3) is 5.30. The first-order chi connectivity index (χ1) is 17.5. The third-order valence-corrected chi connectivity index (χ3v) is 8.08. The van der Waals surface area contributed by atoms with Crippen molar-refractivity contribution in [2.45, 2.75) is 52.4 Å². The molecule has 1 N–H and O–H groups in total. The van der Waals surface area contributed by atoms with Crippen LogP contribution in [0.3, 0.4) is 0 Å². The average Bonchev–Trinajstić information content (AvgIpc) is 3.33. The van der Waals surface area contributed by atoms with Gasteiger partial charge in [0.15, 0.2) is 9.84 Å². The zero-order valence-corrected chi connectivity index (χ0v) is 23.3. The van der Waals surface area contributed by atoms with E-state index >= 15 is 0 Å². The molecule has 1 aliphatic heterocycles. The summed E-state index contributed by atoms with van der Waals surface area (Å²) in [5, 5.41) is 4.31. The molecule has 0 bridgehead atoms. The molecule has 1 aromatic carbocycles. The van der Waals surface area contributed by atoms with Gasteiger partial charge in [-0.05, 0) is 58.9 Å². The van der Waals surface area contributed by atoms with Crippen molar-refractivity contribution in [3.05, 3.63) is 68.8 Å². The summed E-state index contributed by atoms with van der Waals surface area (Å²) in [7, 11) is -3.54. The normalized spacial score (nSPS) is 13.0. The van der Waals surface area contributed by atoms with E-state index in [1.54, 1.807) is 23.5 Å². The van der Waals surface area contributed by atoms with Crippen LogP contribution in [0.1, 0.15) is 45.4 Å². The summed E-state index contributed by atoms with van der Waals surface area (Å²) in [4.78, 5) is 24.3. The van der Waals surface area contributed by atoms with Gasteiger partial charge in [-0.25, -0.2) is 23.4 Å². The molecule has 37 heavy (non-hydrogen) atoms. The zero-order valence-electron chi connectivity index (χ0n) is 21.7. The highest BCUT2D eigenvalue weighted by atomic mass is 32.2. The number of fused-ring (bicyclic) bond motifs is 1. The lowest BCUT2D eigenvalue weighted by Crippen LogP contribution is -2.06. The Kier molecular flexibility index (Phi) is 6.41. The van der Waals surface area contributed by atoms with Gasteiger partial charge in [0.05, 0.1) is 38.4 Å². The molecule has 0 atom stereocenters. The smallest absolute Gasteiger partial charge is 0.177 e. The van der Waals surface area contributed by atoms with Gasteiger partial charge in [0, 0.05) is 46.6 Å². The number of hydrogen-bond donors (Lipinski definition) is 1. The van der Waals surface area contributed by atoms with Crippen molar-refractivity contribution < 1.29 is 8.42 Å². The van der Waals surface area contributed by atoms with Crippen molar-refractivity contribution in [1.82, 2.24) is 19.9 Å². The number of anilines is 2. The van der Waals surface area contributed by atoms with Crippen LogP contribution in [0.25, 0.3) is 11.3 Å². The van der Waals surface area contributed by atoms with E-state index in [-0.39, 0.29) is 4.90 Å². The number of sulfone groups is 1. The van der Waals surface area contributed by atoms with Crippen molar-refractivity contribution in [2.75, 3.05) is 11.6 Å². The SMILES string of the molecule is CC1=Nc2c(Nc3ccc(-c4nc(C)sc4C)cc3S(C)(=O)=O)cc(Cc3cc(C)nc(C)n3)nc2C1. The predicted octanol–water partition coefficient (Wildman–Crippen LogP) is 5.62. The molecule has 190 valence electrons. The Labute approximate surface area is 220 Å². The van der Waals surface area contributed by atoms with Crippen LogP contribution in [-0.4, -0.2) is 40.3 Å². The highest BCUT2D eigenvalue weighted by molar-refractivity contribution is 7.90.